The monoisotopic (exact) mass is 1620 g/mol. The molecule has 0 unspecified atom stereocenters. The van der Waals surface area contributed by atoms with Crippen LogP contribution in [0.25, 0.3) is 0 Å². The quantitative estimate of drug-likeness (QED) is 0.309. The summed E-state index contributed by atoms with van der Waals surface area (Å²) in [6, 6.07) is 0. The summed E-state index contributed by atoms with van der Waals surface area (Å²) in [5.74, 6) is 0. The topological polar surface area (TPSA) is 0 Å². The van der Waals surface area contributed by atoms with Crippen molar-refractivity contribution in [3.05, 3.63) is 7.43 Å². The fourth-order valence-electron chi connectivity index (χ4n) is 0. The fourth-order valence-corrected chi connectivity index (χ4v) is 0. The zero-order valence-corrected chi connectivity index (χ0v) is 62.5. The van der Waals surface area contributed by atoms with Crippen LogP contribution in [0.3, 0.4) is 0 Å². The smallest absolute Gasteiger partial charge is 0 e. The molecule has 0 aliphatic carbocycles. The van der Waals surface area contributed by atoms with Gasteiger partial charge in [-0.15, -0.1) is 0 Å². The summed E-state index contributed by atoms with van der Waals surface area (Å²) in [6.45, 7) is 0. The van der Waals surface area contributed by atoms with E-state index in [1.54, 1.807) is 0 Å². The van der Waals surface area contributed by atoms with E-state index >= 15 is 0 Å². The second-order valence-corrected chi connectivity index (χ2v) is 0. The second-order valence-electron chi connectivity index (χ2n) is 0. The molecule has 0 aromatic carbocycles. The average molecular weight is 1620 g/mol. The molecule has 0 fully saturated rings. The fraction of sp³-hybridized carbons (Fsp3) is 0. The van der Waals surface area contributed by atoms with Gasteiger partial charge in [-0.25, -0.2) is 0 Å². The standard InChI is InChI=1S/CH3.18Y/h1H3;;;;;;;;;;;;;;;;;;/q-1;;;;;;;;;;;;;;;;;;. The summed E-state index contributed by atoms with van der Waals surface area (Å²) in [5, 5.41) is 0. The van der Waals surface area contributed by atoms with Crippen molar-refractivity contribution in [3.63, 3.8) is 0 Å². The van der Waals surface area contributed by atoms with E-state index in [9.17, 15) is 0 Å². The molecule has 0 aliphatic rings. The van der Waals surface area contributed by atoms with E-state index in [1.165, 1.54) is 0 Å². The first kappa shape index (κ1) is 141. The summed E-state index contributed by atoms with van der Waals surface area (Å²) in [6.07, 6.45) is 0. The van der Waals surface area contributed by atoms with Crippen molar-refractivity contribution < 1.29 is 589 Å². The first-order valence-electron chi connectivity index (χ1n) is 0. The molecule has 18 heteroatoms. The molecule has 0 bridgehead atoms. The molecule has 0 N–H and O–H groups in total. The summed E-state index contributed by atoms with van der Waals surface area (Å²) in [5.41, 5.74) is 0. The molecule has 0 heterocycles. The van der Waals surface area contributed by atoms with Crippen molar-refractivity contribution >= 4 is 0 Å². The average Bonchev–Trinajstić information content (AvgIpc) is 0. The Bertz CT molecular complexity index is 5.65. The molecule has 62 valence electrons. The van der Waals surface area contributed by atoms with Crippen LogP contribution in [-0.2, 0) is 589 Å². The van der Waals surface area contributed by atoms with Gasteiger partial charge in [-0.1, -0.05) is 0 Å². The van der Waals surface area contributed by atoms with Crippen LogP contribution >= 0.6 is 0 Å². The molecule has 0 saturated carbocycles. The van der Waals surface area contributed by atoms with Gasteiger partial charge in [0, 0.05) is 589 Å². The van der Waals surface area contributed by atoms with Crippen LogP contribution in [0, 0.1) is 7.43 Å². The van der Waals surface area contributed by atoms with Crippen molar-refractivity contribution in [1.82, 2.24) is 0 Å². The van der Waals surface area contributed by atoms with Crippen LogP contribution in [-0.4, -0.2) is 0 Å². The van der Waals surface area contributed by atoms with Gasteiger partial charge < -0.3 is 7.43 Å². The first-order valence-corrected chi connectivity index (χ1v) is 0. The Morgan fingerprint density at radius 2 is 0.105 bits per heavy atom. The van der Waals surface area contributed by atoms with Crippen LogP contribution in [0.2, 0.25) is 0 Å². The molecular weight excluding hydrogens is 1610 g/mol. The van der Waals surface area contributed by atoms with Gasteiger partial charge in [0.2, 0.25) is 0 Å². The Hall–Kier alpha value is 19.9. The largest absolute Gasteiger partial charge is 0.358 e. The third-order valence-corrected chi connectivity index (χ3v) is 0. The van der Waals surface area contributed by atoms with E-state index < -0.39 is 0 Å². The molecule has 0 spiro atoms. The van der Waals surface area contributed by atoms with E-state index in [1.807, 2.05) is 0 Å². The van der Waals surface area contributed by atoms with Gasteiger partial charge in [-0.05, 0) is 0 Å². The van der Waals surface area contributed by atoms with Crippen molar-refractivity contribution in [1.29, 1.82) is 0 Å². The minimum absolute atomic E-state index is 0. The van der Waals surface area contributed by atoms with Crippen molar-refractivity contribution in [2.45, 2.75) is 0 Å². The summed E-state index contributed by atoms with van der Waals surface area (Å²) in [4.78, 5) is 0. The molecular formula is CH3Y18-. The SMILES string of the molecule is [CH3-].[Y].[Y].[Y].[Y].[Y].[Y].[Y].[Y].[Y].[Y].[Y].[Y].[Y].[Y].[Y].[Y].[Y].[Y]. The van der Waals surface area contributed by atoms with Gasteiger partial charge in [0.25, 0.3) is 0 Å². The normalized spacial score (nSPS) is 0. The number of hydrogen-bond acceptors (Lipinski definition) is 0. The van der Waals surface area contributed by atoms with Gasteiger partial charge in [0.05, 0.1) is 0 Å². The van der Waals surface area contributed by atoms with Gasteiger partial charge in [-0.2, -0.15) is 0 Å². The van der Waals surface area contributed by atoms with Crippen molar-refractivity contribution in [2.24, 2.45) is 0 Å². The summed E-state index contributed by atoms with van der Waals surface area (Å²) < 4.78 is 0. The zero-order valence-electron chi connectivity index (χ0n) is 11.4. The number of rotatable bonds is 0. The van der Waals surface area contributed by atoms with Crippen molar-refractivity contribution in [3.8, 4) is 0 Å². The Morgan fingerprint density at radius 3 is 0.105 bits per heavy atom. The van der Waals surface area contributed by atoms with Crippen LogP contribution in [0.4, 0.5) is 0 Å². The maximum absolute atomic E-state index is 0. The van der Waals surface area contributed by atoms with E-state index in [2.05, 4.69) is 0 Å². The van der Waals surface area contributed by atoms with E-state index in [4.69, 9.17) is 0 Å². The molecule has 0 aromatic heterocycles. The minimum atomic E-state index is 0. The van der Waals surface area contributed by atoms with Crippen LogP contribution in [0.5, 0.6) is 0 Å². The maximum Gasteiger partial charge on any atom is 0 e. The van der Waals surface area contributed by atoms with E-state index in [-0.39, 0.29) is 596 Å². The summed E-state index contributed by atoms with van der Waals surface area (Å²) >= 11 is 0. The Labute approximate surface area is 574 Å². The molecule has 0 aromatic rings. The van der Waals surface area contributed by atoms with E-state index in [0.29, 0.717) is 0 Å². The summed E-state index contributed by atoms with van der Waals surface area (Å²) in [7, 11) is 0. The van der Waals surface area contributed by atoms with E-state index in [0.717, 1.165) is 0 Å². The van der Waals surface area contributed by atoms with Gasteiger partial charge in [-0.3, -0.25) is 0 Å². The molecule has 0 nitrogen and oxygen atoms in total. The van der Waals surface area contributed by atoms with Crippen LogP contribution in [0.1, 0.15) is 0 Å². The molecule has 0 aliphatic heterocycles. The molecule has 0 rings (SSSR count). The third kappa shape index (κ3) is 123. The van der Waals surface area contributed by atoms with Gasteiger partial charge in [0.1, 0.15) is 0 Å². The zero-order chi connectivity index (χ0) is 0. The predicted octanol–water partition coefficient (Wildman–Crippen LogP) is 0.405. The molecule has 19 heavy (non-hydrogen) atoms. The Kier molecular flexibility index (Phi) is 969. The van der Waals surface area contributed by atoms with Crippen LogP contribution in [0.15, 0.2) is 0 Å². The third-order valence-electron chi connectivity index (χ3n) is 0. The first-order chi connectivity index (χ1) is 0. The Morgan fingerprint density at radius 1 is 0.105 bits per heavy atom. The molecule has 18 radical (unpaired) electrons. The van der Waals surface area contributed by atoms with Crippen LogP contribution < -0.4 is 0 Å². The Balaban J connectivity index is 0. The molecule has 0 saturated heterocycles. The molecule has 0 amide bonds. The maximum atomic E-state index is 0. The van der Waals surface area contributed by atoms with Gasteiger partial charge >= 0.3 is 0 Å². The van der Waals surface area contributed by atoms with Crippen molar-refractivity contribution in [2.75, 3.05) is 0 Å². The number of hydrogen-bond donors (Lipinski definition) is 0. The minimum Gasteiger partial charge on any atom is -0.358 e. The van der Waals surface area contributed by atoms with Gasteiger partial charge in [0.15, 0.2) is 0 Å². The second kappa shape index (κ2) is 130. The predicted molar refractivity (Wildman–Crippen MR) is 6.41 cm³/mol. The molecule has 0 atom stereocenters.